The van der Waals surface area contributed by atoms with Crippen LogP contribution in [-0.2, 0) is 17.6 Å². The molecule has 0 aromatic carbocycles. The molecular formula is C14H23N3O2. The maximum Gasteiger partial charge on any atom is 0.316 e. The molecule has 0 amide bonds. The Morgan fingerprint density at radius 3 is 2.79 bits per heavy atom. The molecule has 1 fully saturated rings. The molecule has 1 aliphatic rings. The van der Waals surface area contributed by atoms with Crippen molar-refractivity contribution in [2.75, 3.05) is 33.9 Å². The van der Waals surface area contributed by atoms with E-state index in [1.165, 1.54) is 5.56 Å². The highest BCUT2D eigenvalue weighted by atomic mass is 16.5. The summed E-state index contributed by atoms with van der Waals surface area (Å²) in [7, 11) is 3.38. The van der Waals surface area contributed by atoms with Crippen molar-refractivity contribution in [2.45, 2.75) is 32.3 Å². The average molecular weight is 265 g/mol. The second-order valence-electron chi connectivity index (χ2n) is 4.90. The van der Waals surface area contributed by atoms with Gasteiger partial charge in [-0.15, -0.1) is 0 Å². The van der Waals surface area contributed by atoms with Crippen LogP contribution in [0.4, 0.5) is 0 Å². The van der Waals surface area contributed by atoms with E-state index in [9.17, 15) is 0 Å². The van der Waals surface area contributed by atoms with Crippen LogP contribution in [0, 0.1) is 0 Å². The summed E-state index contributed by atoms with van der Waals surface area (Å²) in [6.45, 7) is 5.37. The number of aromatic nitrogens is 2. The van der Waals surface area contributed by atoms with Crippen LogP contribution in [0.15, 0.2) is 6.20 Å². The SMILES string of the molecule is CCc1nc(OC)ncc1CCCN1CC(OC)C1. The van der Waals surface area contributed by atoms with Gasteiger partial charge < -0.3 is 9.47 Å². The second kappa shape index (κ2) is 6.82. The summed E-state index contributed by atoms with van der Waals surface area (Å²) < 4.78 is 10.3. The van der Waals surface area contributed by atoms with Crippen molar-refractivity contribution in [2.24, 2.45) is 0 Å². The Hall–Kier alpha value is -1.20. The van der Waals surface area contributed by atoms with Gasteiger partial charge in [0.05, 0.1) is 18.9 Å². The van der Waals surface area contributed by atoms with Crippen molar-refractivity contribution < 1.29 is 9.47 Å². The zero-order valence-corrected chi connectivity index (χ0v) is 12.1. The van der Waals surface area contributed by atoms with Gasteiger partial charge in [-0.2, -0.15) is 0 Å². The third-order valence-electron chi connectivity index (χ3n) is 3.63. The van der Waals surface area contributed by atoms with Gasteiger partial charge in [0.25, 0.3) is 0 Å². The van der Waals surface area contributed by atoms with Gasteiger partial charge in [-0.1, -0.05) is 6.92 Å². The largest absolute Gasteiger partial charge is 0.467 e. The Kier molecular flexibility index (Phi) is 5.10. The van der Waals surface area contributed by atoms with Crippen molar-refractivity contribution in [3.63, 3.8) is 0 Å². The zero-order chi connectivity index (χ0) is 13.7. The van der Waals surface area contributed by atoms with Gasteiger partial charge in [0.2, 0.25) is 0 Å². The predicted molar refractivity (Wildman–Crippen MR) is 73.5 cm³/mol. The molecule has 0 bridgehead atoms. The number of methoxy groups -OCH3 is 2. The molecule has 0 saturated carbocycles. The summed E-state index contributed by atoms with van der Waals surface area (Å²) in [6, 6.07) is 0.464. The van der Waals surface area contributed by atoms with Gasteiger partial charge in [0, 0.05) is 26.4 Å². The van der Waals surface area contributed by atoms with Crippen LogP contribution in [-0.4, -0.2) is 54.8 Å². The third kappa shape index (κ3) is 3.64. The van der Waals surface area contributed by atoms with Crippen LogP contribution in [0.2, 0.25) is 0 Å². The summed E-state index contributed by atoms with van der Waals surface area (Å²) in [5.74, 6) is 0. The Labute approximate surface area is 115 Å². The van der Waals surface area contributed by atoms with Crippen LogP contribution in [0.25, 0.3) is 0 Å². The maximum atomic E-state index is 5.27. The molecule has 5 nitrogen and oxygen atoms in total. The van der Waals surface area contributed by atoms with Crippen LogP contribution < -0.4 is 4.74 Å². The summed E-state index contributed by atoms with van der Waals surface area (Å²) in [6.07, 6.45) is 5.43. The molecule has 0 atom stereocenters. The van der Waals surface area contributed by atoms with E-state index in [1.807, 2.05) is 6.20 Å². The van der Waals surface area contributed by atoms with Crippen molar-refractivity contribution in [1.82, 2.24) is 14.9 Å². The maximum absolute atomic E-state index is 5.27. The summed E-state index contributed by atoms with van der Waals surface area (Å²) in [5, 5.41) is 0. The normalized spacial score (nSPS) is 16.4. The number of likely N-dealkylation sites (tertiary alicyclic amines) is 1. The summed E-state index contributed by atoms with van der Waals surface area (Å²) in [5.41, 5.74) is 2.34. The lowest BCUT2D eigenvalue weighted by Crippen LogP contribution is -2.51. The molecule has 1 saturated heterocycles. The van der Waals surface area contributed by atoms with E-state index in [0.717, 1.165) is 44.6 Å². The highest BCUT2D eigenvalue weighted by molar-refractivity contribution is 5.19. The van der Waals surface area contributed by atoms with Crippen molar-refractivity contribution in [1.29, 1.82) is 0 Å². The topological polar surface area (TPSA) is 47.5 Å². The average Bonchev–Trinajstić information content (AvgIpc) is 2.41. The Bertz CT molecular complexity index is 406. The number of aryl methyl sites for hydroxylation is 2. The van der Waals surface area contributed by atoms with Gasteiger partial charge in [-0.05, 0) is 31.4 Å². The molecule has 0 N–H and O–H groups in total. The smallest absolute Gasteiger partial charge is 0.316 e. The molecule has 0 spiro atoms. The number of rotatable bonds is 7. The highest BCUT2D eigenvalue weighted by Gasteiger charge is 2.25. The second-order valence-corrected chi connectivity index (χ2v) is 4.90. The first-order chi connectivity index (χ1) is 9.26. The molecule has 0 aliphatic carbocycles. The van der Waals surface area contributed by atoms with Gasteiger partial charge in [-0.25, -0.2) is 9.97 Å². The van der Waals surface area contributed by atoms with E-state index in [-0.39, 0.29) is 0 Å². The third-order valence-corrected chi connectivity index (χ3v) is 3.63. The monoisotopic (exact) mass is 265 g/mol. The number of nitrogens with zero attached hydrogens (tertiary/aromatic N) is 3. The van der Waals surface area contributed by atoms with E-state index in [4.69, 9.17) is 9.47 Å². The minimum Gasteiger partial charge on any atom is -0.467 e. The minimum atomic E-state index is 0.440. The quantitative estimate of drug-likeness (QED) is 0.744. The first-order valence-corrected chi connectivity index (χ1v) is 6.90. The Morgan fingerprint density at radius 1 is 1.37 bits per heavy atom. The zero-order valence-electron chi connectivity index (χ0n) is 12.1. The molecule has 2 rings (SSSR count). The molecule has 19 heavy (non-hydrogen) atoms. The van der Waals surface area contributed by atoms with E-state index in [1.54, 1.807) is 14.2 Å². The number of hydrogen-bond donors (Lipinski definition) is 0. The fourth-order valence-corrected chi connectivity index (χ4v) is 2.38. The Balaban J connectivity index is 1.79. The van der Waals surface area contributed by atoms with Crippen molar-refractivity contribution in [3.05, 3.63) is 17.5 Å². The molecule has 106 valence electrons. The van der Waals surface area contributed by atoms with E-state index < -0.39 is 0 Å². The lowest BCUT2D eigenvalue weighted by molar-refractivity contribution is -0.0293. The molecule has 5 heteroatoms. The van der Waals surface area contributed by atoms with Crippen molar-refractivity contribution >= 4 is 0 Å². The molecule has 1 aliphatic heterocycles. The van der Waals surface area contributed by atoms with Crippen molar-refractivity contribution in [3.8, 4) is 6.01 Å². The summed E-state index contributed by atoms with van der Waals surface area (Å²) >= 11 is 0. The van der Waals surface area contributed by atoms with Gasteiger partial charge >= 0.3 is 6.01 Å². The first kappa shape index (κ1) is 14.2. The fraction of sp³-hybridized carbons (Fsp3) is 0.714. The molecule has 1 aromatic heterocycles. The lowest BCUT2D eigenvalue weighted by atomic mass is 10.1. The van der Waals surface area contributed by atoms with Gasteiger partial charge in [0.1, 0.15) is 0 Å². The molecule has 0 unspecified atom stereocenters. The minimum absolute atomic E-state index is 0.440. The molecule has 1 aromatic rings. The fourth-order valence-electron chi connectivity index (χ4n) is 2.38. The first-order valence-electron chi connectivity index (χ1n) is 6.90. The Morgan fingerprint density at radius 2 is 2.16 bits per heavy atom. The number of hydrogen-bond acceptors (Lipinski definition) is 5. The standard InChI is InChI=1S/C14H23N3O2/c1-4-13-11(8-15-14(16-13)19-3)6-5-7-17-9-12(10-17)18-2/h8,12H,4-7,9-10H2,1-3H3. The lowest BCUT2D eigenvalue weighted by Gasteiger charge is -2.38. The van der Waals surface area contributed by atoms with E-state index >= 15 is 0 Å². The highest BCUT2D eigenvalue weighted by Crippen LogP contribution is 2.15. The predicted octanol–water partition coefficient (Wildman–Crippen LogP) is 1.31. The van der Waals surface area contributed by atoms with Crippen LogP contribution in [0.1, 0.15) is 24.6 Å². The summed E-state index contributed by atoms with van der Waals surface area (Å²) in [4.78, 5) is 11.0. The van der Waals surface area contributed by atoms with Crippen LogP contribution >= 0.6 is 0 Å². The van der Waals surface area contributed by atoms with Crippen LogP contribution in [0.3, 0.4) is 0 Å². The van der Waals surface area contributed by atoms with Crippen LogP contribution in [0.5, 0.6) is 6.01 Å². The van der Waals surface area contributed by atoms with Gasteiger partial charge in [-0.3, -0.25) is 4.90 Å². The van der Waals surface area contributed by atoms with E-state index in [0.29, 0.717) is 12.1 Å². The molecule has 2 heterocycles. The number of ether oxygens (including phenoxy) is 2. The van der Waals surface area contributed by atoms with E-state index in [2.05, 4.69) is 21.8 Å². The molecule has 0 radical (unpaired) electrons. The molecular weight excluding hydrogens is 242 g/mol. The van der Waals surface area contributed by atoms with Gasteiger partial charge in [0.15, 0.2) is 0 Å².